The van der Waals surface area contributed by atoms with Crippen LogP contribution in [-0.4, -0.2) is 11.8 Å². The van der Waals surface area contributed by atoms with E-state index in [1.807, 2.05) is 6.07 Å². The van der Waals surface area contributed by atoms with E-state index in [1.165, 1.54) is 6.92 Å². The average Bonchev–Trinajstić information content (AvgIpc) is 2.81. The zero-order valence-electron chi connectivity index (χ0n) is 11.0. The van der Waals surface area contributed by atoms with Gasteiger partial charge in [-0.25, -0.2) is 0 Å². The lowest BCUT2D eigenvalue weighted by Gasteiger charge is -2.10. The lowest BCUT2D eigenvalue weighted by atomic mass is 10.1. The SMILES string of the molecule is CC(=O)Nc1cccc(NC(=O)C[C@@H]2C=CCC2)c1. The molecule has 0 aliphatic heterocycles. The van der Waals surface area contributed by atoms with Crippen LogP contribution in [-0.2, 0) is 9.59 Å². The van der Waals surface area contributed by atoms with Gasteiger partial charge in [-0.05, 0) is 37.0 Å². The Morgan fingerprint density at radius 2 is 2.00 bits per heavy atom. The Hall–Kier alpha value is -2.10. The van der Waals surface area contributed by atoms with Gasteiger partial charge in [0.15, 0.2) is 0 Å². The van der Waals surface area contributed by atoms with Crippen molar-refractivity contribution < 1.29 is 9.59 Å². The minimum absolute atomic E-state index is 0.0107. The van der Waals surface area contributed by atoms with Gasteiger partial charge < -0.3 is 10.6 Å². The fourth-order valence-electron chi connectivity index (χ4n) is 2.19. The van der Waals surface area contributed by atoms with E-state index in [0.717, 1.165) is 12.8 Å². The van der Waals surface area contributed by atoms with Gasteiger partial charge in [0.1, 0.15) is 0 Å². The fraction of sp³-hybridized carbons (Fsp3) is 0.333. The molecule has 0 spiro atoms. The summed E-state index contributed by atoms with van der Waals surface area (Å²) in [6.07, 6.45) is 6.86. The Morgan fingerprint density at radius 3 is 2.63 bits per heavy atom. The number of carbonyl (C=O) groups is 2. The first kappa shape index (κ1) is 13.3. The third-order valence-electron chi connectivity index (χ3n) is 3.03. The van der Waals surface area contributed by atoms with Crippen LogP contribution in [0.2, 0.25) is 0 Å². The van der Waals surface area contributed by atoms with Crippen molar-refractivity contribution in [3.8, 4) is 0 Å². The van der Waals surface area contributed by atoms with Crippen LogP contribution in [0.1, 0.15) is 26.2 Å². The molecule has 0 saturated heterocycles. The highest BCUT2D eigenvalue weighted by atomic mass is 16.2. The average molecular weight is 258 g/mol. The zero-order valence-corrected chi connectivity index (χ0v) is 11.0. The molecular formula is C15H18N2O2. The number of amides is 2. The second-order valence-electron chi connectivity index (χ2n) is 4.78. The molecule has 1 aromatic rings. The summed E-state index contributed by atoms with van der Waals surface area (Å²) in [5, 5.41) is 5.55. The molecule has 0 heterocycles. The van der Waals surface area contributed by atoms with Crippen molar-refractivity contribution in [2.75, 3.05) is 10.6 Å². The lowest BCUT2D eigenvalue weighted by molar-refractivity contribution is -0.117. The highest BCUT2D eigenvalue weighted by molar-refractivity contribution is 5.93. The summed E-state index contributed by atoms with van der Waals surface area (Å²) in [7, 11) is 0. The monoisotopic (exact) mass is 258 g/mol. The minimum Gasteiger partial charge on any atom is -0.326 e. The molecule has 0 unspecified atom stereocenters. The van der Waals surface area contributed by atoms with Gasteiger partial charge in [0.2, 0.25) is 11.8 Å². The van der Waals surface area contributed by atoms with Crippen LogP contribution in [0.5, 0.6) is 0 Å². The van der Waals surface area contributed by atoms with E-state index in [2.05, 4.69) is 22.8 Å². The molecule has 4 heteroatoms. The van der Waals surface area contributed by atoms with Crippen LogP contribution in [0.3, 0.4) is 0 Å². The highest BCUT2D eigenvalue weighted by Crippen LogP contribution is 2.21. The van der Waals surface area contributed by atoms with E-state index < -0.39 is 0 Å². The van der Waals surface area contributed by atoms with Crippen molar-refractivity contribution >= 4 is 23.2 Å². The molecule has 1 aliphatic carbocycles. The molecule has 1 aromatic carbocycles. The van der Waals surface area contributed by atoms with Crippen molar-refractivity contribution in [1.82, 2.24) is 0 Å². The Kier molecular flexibility index (Phi) is 4.34. The predicted octanol–water partition coefficient (Wildman–Crippen LogP) is 2.94. The van der Waals surface area contributed by atoms with Crippen molar-refractivity contribution in [3.05, 3.63) is 36.4 Å². The number of hydrogen-bond donors (Lipinski definition) is 2. The molecule has 2 amide bonds. The molecule has 0 fully saturated rings. The van der Waals surface area contributed by atoms with Crippen molar-refractivity contribution in [2.24, 2.45) is 5.92 Å². The zero-order chi connectivity index (χ0) is 13.7. The number of hydrogen-bond acceptors (Lipinski definition) is 2. The molecule has 4 nitrogen and oxygen atoms in total. The van der Waals surface area contributed by atoms with Crippen LogP contribution in [0, 0.1) is 5.92 Å². The van der Waals surface area contributed by atoms with Crippen LogP contribution in [0.4, 0.5) is 11.4 Å². The van der Waals surface area contributed by atoms with E-state index in [0.29, 0.717) is 23.7 Å². The van der Waals surface area contributed by atoms with Crippen LogP contribution >= 0.6 is 0 Å². The molecule has 2 rings (SSSR count). The van der Waals surface area contributed by atoms with Crippen LogP contribution in [0.25, 0.3) is 0 Å². The fourth-order valence-corrected chi connectivity index (χ4v) is 2.19. The summed E-state index contributed by atoms with van der Waals surface area (Å²) in [5.74, 6) is 0.245. The first-order valence-corrected chi connectivity index (χ1v) is 6.47. The highest BCUT2D eigenvalue weighted by Gasteiger charge is 2.14. The number of allylic oxidation sites excluding steroid dienone is 2. The molecule has 0 saturated carbocycles. The van der Waals surface area contributed by atoms with Crippen LogP contribution < -0.4 is 10.6 Å². The van der Waals surface area contributed by atoms with Gasteiger partial charge in [0, 0.05) is 24.7 Å². The molecule has 1 aliphatic rings. The van der Waals surface area contributed by atoms with Crippen molar-refractivity contribution in [1.29, 1.82) is 0 Å². The third kappa shape index (κ3) is 4.25. The summed E-state index contributed by atoms with van der Waals surface area (Å²) >= 11 is 0. The third-order valence-corrected chi connectivity index (χ3v) is 3.03. The van der Waals surface area contributed by atoms with Gasteiger partial charge >= 0.3 is 0 Å². The maximum absolute atomic E-state index is 11.9. The van der Waals surface area contributed by atoms with Crippen molar-refractivity contribution in [3.63, 3.8) is 0 Å². The lowest BCUT2D eigenvalue weighted by Crippen LogP contribution is -2.15. The molecule has 2 N–H and O–H groups in total. The Bertz CT molecular complexity index is 509. The minimum atomic E-state index is -0.125. The summed E-state index contributed by atoms with van der Waals surface area (Å²) in [5.41, 5.74) is 1.39. The molecule has 100 valence electrons. The van der Waals surface area contributed by atoms with E-state index in [-0.39, 0.29) is 11.8 Å². The normalized spacial score (nSPS) is 17.2. The Labute approximate surface area is 112 Å². The van der Waals surface area contributed by atoms with Gasteiger partial charge in [-0.1, -0.05) is 18.2 Å². The van der Waals surface area contributed by atoms with E-state index in [4.69, 9.17) is 0 Å². The number of anilines is 2. The first-order valence-electron chi connectivity index (χ1n) is 6.47. The standard InChI is InChI=1S/C15H18N2O2/c1-11(18)16-13-7-4-8-14(10-13)17-15(19)9-12-5-2-3-6-12/h2,4-5,7-8,10,12H,3,6,9H2,1H3,(H,16,18)(H,17,19)/t12-/m1/s1. The van der Waals surface area contributed by atoms with Crippen LogP contribution in [0.15, 0.2) is 36.4 Å². The number of rotatable bonds is 4. The molecule has 0 bridgehead atoms. The van der Waals surface area contributed by atoms with Gasteiger partial charge in [0.25, 0.3) is 0 Å². The molecule has 0 radical (unpaired) electrons. The first-order chi connectivity index (χ1) is 9.13. The largest absolute Gasteiger partial charge is 0.326 e. The van der Waals surface area contributed by atoms with E-state index in [1.54, 1.807) is 18.2 Å². The van der Waals surface area contributed by atoms with Crippen molar-refractivity contribution in [2.45, 2.75) is 26.2 Å². The molecular weight excluding hydrogens is 240 g/mol. The quantitative estimate of drug-likeness (QED) is 0.816. The predicted molar refractivity (Wildman–Crippen MR) is 75.9 cm³/mol. The Balaban J connectivity index is 1.92. The second kappa shape index (κ2) is 6.18. The number of nitrogens with one attached hydrogen (secondary N) is 2. The van der Waals surface area contributed by atoms with Gasteiger partial charge in [-0.2, -0.15) is 0 Å². The second-order valence-corrected chi connectivity index (χ2v) is 4.78. The summed E-state index contributed by atoms with van der Waals surface area (Å²) < 4.78 is 0. The van der Waals surface area contributed by atoms with Gasteiger partial charge in [0.05, 0.1) is 0 Å². The van der Waals surface area contributed by atoms with Gasteiger partial charge in [-0.3, -0.25) is 9.59 Å². The molecule has 1 atom stereocenters. The smallest absolute Gasteiger partial charge is 0.224 e. The molecule has 19 heavy (non-hydrogen) atoms. The number of carbonyl (C=O) groups excluding carboxylic acids is 2. The Morgan fingerprint density at radius 1 is 1.26 bits per heavy atom. The van der Waals surface area contributed by atoms with E-state index in [9.17, 15) is 9.59 Å². The van der Waals surface area contributed by atoms with Gasteiger partial charge in [-0.15, -0.1) is 0 Å². The topological polar surface area (TPSA) is 58.2 Å². The maximum Gasteiger partial charge on any atom is 0.224 e. The molecule has 0 aromatic heterocycles. The summed E-state index contributed by atoms with van der Waals surface area (Å²) in [6.45, 7) is 1.46. The maximum atomic E-state index is 11.9. The summed E-state index contributed by atoms with van der Waals surface area (Å²) in [4.78, 5) is 22.8. The summed E-state index contributed by atoms with van der Waals surface area (Å²) in [6, 6.07) is 7.16. The number of benzene rings is 1. The van der Waals surface area contributed by atoms with E-state index >= 15 is 0 Å².